The molecule has 0 saturated carbocycles. The molecule has 0 spiro atoms. The average Bonchev–Trinajstić information content (AvgIpc) is 3.18. The molecule has 0 aromatic heterocycles. The van der Waals surface area contributed by atoms with Crippen LogP contribution >= 0.6 is 0 Å². The third-order valence-electron chi connectivity index (χ3n) is 4.49. The number of halogens is 1. The Balaban J connectivity index is 1.64. The second-order valence-electron chi connectivity index (χ2n) is 6.53. The molecule has 0 fully saturated rings. The van der Waals surface area contributed by atoms with Crippen LogP contribution in [0.3, 0.4) is 0 Å². The topological polar surface area (TPSA) is 60.4 Å². The van der Waals surface area contributed by atoms with Crippen molar-refractivity contribution in [1.82, 2.24) is 4.90 Å². The quantitative estimate of drug-likeness (QED) is 0.700. The Morgan fingerprint density at radius 2 is 1.89 bits per heavy atom. The monoisotopic (exact) mass is 386 g/mol. The molecule has 0 saturated heterocycles. The lowest BCUT2D eigenvalue weighted by Crippen LogP contribution is -2.39. The maximum atomic E-state index is 13.1. The lowest BCUT2D eigenvalue weighted by molar-refractivity contribution is -0.137. The number of oxime groups is 1. The minimum Gasteiger partial charge on any atom is -0.497 e. The zero-order valence-corrected chi connectivity index (χ0v) is 15.9. The van der Waals surface area contributed by atoms with Crippen LogP contribution in [-0.4, -0.2) is 50.0 Å². The maximum absolute atomic E-state index is 13.1. The molecule has 1 amide bonds. The number of carbonyl (C=O) groups is 1. The van der Waals surface area contributed by atoms with Crippen molar-refractivity contribution in [3.05, 3.63) is 65.5 Å². The van der Waals surface area contributed by atoms with Crippen molar-refractivity contribution in [2.75, 3.05) is 27.4 Å². The molecule has 1 heterocycles. The van der Waals surface area contributed by atoms with Crippen molar-refractivity contribution in [2.24, 2.45) is 5.16 Å². The summed E-state index contributed by atoms with van der Waals surface area (Å²) in [6.07, 6.45) is 0.338. The Bertz CT molecular complexity index is 821. The molecule has 6 nitrogen and oxygen atoms in total. The van der Waals surface area contributed by atoms with Gasteiger partial charge in [0, 0.05) is 20.1 Å². The van der Waals surface area contributed by atoms with Crippen LogP contribution < -0.4 is 4.74 Å². The van der Waals surface area contributed by atoms with Crippen LogP contribution in [0.15, 0.2) is 53.7 Å². The number of methoxy groups -OCH3 is 2. The van der Waals surface area contributed by atoms with Gasteiger partial charge in [-0.05, 0) is 47.5 Å². The lowest BCUT2D eigenvalue weighted by atomic mass is 10.0. The van der Waals surface area contributed by atoms with Crippen LogP contribution in [0.25, 0.3) is 0 Å². The zero-order valence-electron chi connectivity index (χ0n) is 15.9. The summed E-state index contributed by atoms with van der Waals surface area (Å²) in [5, 5.41) is 4.18. The van der Waals surface area contributed by atoms with Gasteiger partial charge in [0.25, 0.3) is 0 Å². The third-order valence-corrected chi connectivity index (χ3v) is 4.49. The molecule has 1 aliphatic rings. The minimum absolute atomic E-state index is 0.0277. The van der Waals surface area contributed by atoms with E-state index in [0.717, 1.165) is 22.6 Å². The van der Waals surface area contributed by atoms with Gasteiger partial charge < -0.3 is 19.2 Å². The standard InChI is InChI=1S/C21H23FN2O4/c1-26-14-21(25)24(12-15-3-7-17(22)8-4-15)13-19-11-20(23-28-19)16-5-9-18(27-2)10-6-16/h3-10,19H,11-14H2,1-2H3/t19-/m1/s1. The van der Waals surface area contributed by atoms with Crippen LogP contribution in [0, 0.1) is 5.82 Å². The highest BCUT2D eigenvalue weighted by Crippen LogP contribution is 2.21. The van der Waals surface area contributed by atoms with E-state index < -0.39 is 0 Å². The van der Waals surface area contributed by atoms with Gasteiger partial charge in [-0.15, -0.1) is 0 Å². The van der Waals surface area contributed by atoms with E-state index >= 15 is 0 Å². The highest BCUT2D eigenvalue weighted by molar-refractivity contribution is 6.01. The molecule has 2 aromatic carbocycles. The van der Waals surface area contributed by atoms with Gasteiger partial charge in [-0.3, -0.25) is 4.79 Å². The number of amides is 1. The van der Waals surface area contributed by atoms with Gasteiger partial charge in [0.2, 0.25) is 5.91 Å². The first-order chi connectivity index (χ1) is 13.6. The summed E-state index contributed by atoms with van der Waals surface area (Å²) in [7, 11) is 3.10. The lowest BCUT2D eigenvalue weighted by Gasteiger charge is -2.24. The van der Waals surface area contributed by atoms with Crippen LogP contribution in [0.5, 0.6) is 5.75 Å². The largest absolute Gasteiger partial charge is 0.497 e. The Hall–Kier alpha value is -2.93. The molecule has 1 atom stereocenters. The Morgan fingerprint density at radius 1 is 1.18 bits per heavy atom. The van der Waals surface area contributed by atoms with Gasteiger partial charge >= 0.3 is 0 Å². The number of carbonyl (C=O) groups excluding carboxylic acids is 1. The molecular weight excluding hydrogens is 363 g/mol. The van der Waals surface area contributed by atoms with Crippen molar-refractivity contribution < 1.29 is 23.5 Å². The van der Waals surface area contributed by atoms with Crippen LogP contribution in [-0.2, 0) is 20.9 Å². The molecule has 148 valence electrons. The van der Waals surface area contributed by atoms with Crippen LogP contribution in [0.4, 0.5) is 4.39 Å². The van der Waals surface area contributed by atoms with Gasteiger partial charge in [-0.1, -0.05) is 17.3 Å². The van der Waals surface area contributed by atoms with E-state index in [1.54, 1.807) is 24.1 Å². The molecular formula is C21H23FN2O4. The fraction of sp³-hybridized carbons (Fsp3) is 0.333. The van der Waals surface area contributed by atoms with Gasteiger partial charge in [0.1, 0.15) is 18.2 Å². The zero-order chi connectivity index (χ0) is 19.9. The van der Waals surface area contributed by atoms with Crippen LogP contribution in [0.1, 0.15) is 17.5 Å². The maximum Gasteiger partial charge on any atom is 0.248 e. The van der Waals surface area contributed by atoms with Gasteiger partial charge in [0.15, 0.2) is 6.10 Å². The summed E-state index contributed by atoms with van der Waals surface area (Å²) in [5.74, 6) is 0.305. The van der Waals surface area contributed by atoms with Crippen molar-refractivity contribution in [2.45, 2.75) is 19.1 Å². The molecule has 0 aliphatic carbocycles. The van der Waals surface area contributed by atoms with Crippen molar-refractivity contribution in [3.63, 3.8) is 0 Å². The Morgan fingerprint density at radius 3 is 2.54 bits per heavy atom. The molecule has 0 N–H and O–H groups in total. The molecule has 0 bridgehead atoms. The fourth-order valence-electron chi connectivity index (χ4n) is 3.01. The number of nitrogens with zero attached hydrogens (tertiary/aromatic N) is 2. The summed E-state index contributed by atoms with van der Waals surface area (Å²) in [6, 6.07) is 13.7. The van der Waals surface area contributed by atoms with Crippen molar-refractivity contribution >= 4 is 11.6 Å². The van der Waals surface area contributed by atoms with E-state index in [-0.39, 0.29) is 24.4 Å². The summed E-state index contributed by atoms with van der Waals surface area (Å²) in [6.45, 7) is 0.684. The van der Waals surface area contributed by atoms with E-state index in [2.05, 4.69) is 5.16 Å². The number of hydrogen-bond acceptors (Lipinski definition) is 5. The van der Waals surface area contributed by atoms with E-state index in [1.807, 2.05) is 24.3 Å². The molecule has 28 heavy (non-hydrogen) atoms. The molecule has 2 aromatic rings. The smallest absolute Gasteiger partial charge is 0.248 e. The van der Waals surface area contributed by atoms with Crippen molar-refractivity contribution in [3.8, 4) is 5.75 Å². The molecule has 3 rings (SSSR count). The summed E-state index contributed by atoms with van der Waals surface area (Å²) in [4.78, 5) is 19.6. The number of hydrogen-bond donors (Lipinski definition) is 0. The Kier molecular flexibility index (Phi) is 6.60. The number of ether oxygens (including phenoxy) is 2. The summed E-state index contributed by atoms with van der Waals surface area (Å²) < 4.78 is 23.3. The first-order valence-corrected chi connectivity index (χ1v) is 8.97. The highest BCUT2D eigenvalue weighted by atomic mass is 19.1. The predicted octanol–water partition coefficient (Wildman–Crippen LogP) is 3.00. The number of rotatable bonds is 8. The third kappa shape index (κ3) is 5.07. The average molecular weight is 386 g/mol. The van der Waals surface area contributed by atoms with E-state index in [1.165, 1.54) is 19.2 Å². The molecule has 0 radical (unpaired) electrons. The highest BCUT2D eigenvalue weighted by Gasteiger charge is 2.27. The molecule has 7 heteroatoms. The second kappa shape index (κ2) is 9.32. The van der Waals surface area contributed by atoms with Crippen LogP contribution in [0.2, 0.25) is 0 Å². The van der Waals surface area contributed by atoms with Crippen molar-refractivity contribution in [1.29, 1.82) is 0 Å². The SMILES string of the molecule is COCC(=O)N(Cc1ccc(F)cc1)C[C@H]1CC(c2ccc(OC)cc2)=NO1. The van der Waals surface area contributed by atoms with Gasteiger partial charge in [0.05, 0.1) is 19.4 Å². The normalized spacial score (nSPS) is 15.7. The van der Waals surface area contributed by atoms with Gasteiger partial charge in [-0.25, -0.2) is 4.39 Å². The van der Waals surface area contributed by atoms with E-state index in [4.69, 9.17) is 14.3 Å². The molecule has 0 unspecified atom stereocenters. The minimum atomic E-state index is -0.310. The first-order valence-electron chi connectivity index (χ1n) is 8.97. The first kappa shape index (κ1) is 19.8. The summed E-state index contributed by atoms with van der Waals surface area (Å²) in [5.41, 5.74) is 2.62. The fourth-order valence-corrected chi connectivity index (χ4v) is 3.01. The second-order valence-corrected chi connectivity index (χ2v) is 6.53. The Labute approximate surface area is 163 Å². The summed E-state index contributed by atoms with van der Waals surface area (Å²) >= 11 is 0. The predicted molar refractivity (Wildman–Crippen MR) is 103 cm³/mol. The van der Waals surface area contributed by atoms with Gasteiger partial charge in [-0.2, -0.15) is 0 Å². The van der Waals surface area contributed by atoms with E-state index in [9.17, 15) is 9.18 Å². The van der Waals surface area contributed by atoms with E-state index in [0.29, 0.717) is 19.5 Å². The molecule has 1 aliphatic heterocycles. The number of benzene rings is 2.